The first-order valence-electron chi connectivity index (χ1n) is 7.82. The molecular formula is C18H20ClN3O2. The lowest BCUT2D eigenvalue weighted by atomic mass is 10.1. The van der Waals surface area contributed by atoms with Crippen LogP contribution in [0.1, 0.15) is 10.4 Å². The molecule has 1 fully saturated rings. The number of halogens is 1. The van der Waals surface area contributed by atoms with Crippen LogP contribution in [-0.4, -0.2) is 44.1 Å². The Balaban J connectivity index is 1.69. The summed E-state index contributed by atoms with van der Waals surface area (Å²) in [5.41, 5.74) is 8.20. The number of nitrogens with zero attached hydrogens (tertiary/aromatic N) is 2. The van der Waals surface area contributed by atoms with E-state index < -0.39 is 0 Å². The van der Waals surface area contributed by atoms with Crippen LogP contribution in [0.5, 0.6) is 5.75 Å². The number of hydrogen-bond donors (Lipinski definition) is 1. The number of rotatable bonds is 3. The highest BCUT2D eigenvalue weighted by Crippen LogP contribution is 2.32. The second-order valence-electron chi connectivity index (χ2n) is 5.69. The van der Waals surface area contributed by atoms with Gasteiger partial charge in [0.15, 0.2) is 0 Å². The Kier molecular flexibility index (Phi) is 4.81. The average Bonchev–Trinajstić information content (AvgIpc) is 2.61. The summed E-state index contributed by atoms with van der Waals surface area (Å²) < 4.78 is 5.19. The molecule has 2 aromatic rings. The maximum atomic E-state index is 12.6. The van der Waals surface area contributed by atoms with Crippen molar-refractivity contribution in [3.05, 3.63) is 53.1 Å². The fourth-order valence-electron chi connectivity index (χ4n) is 2.94. The molecule has 1 aliphatic rings. The Morgan fingerprint density at radius 2 is 1.83 bits per heavy atom. The first kappa shape index (κ1) is 16.5. The van der Waals surface area contributed by atoms with E-state index >= 15 is 0 Å². The molecule has 0 unspecified atom stereocenters. The lowest BCUT2D eigenvalue weighted by Crippen LogP contribution is -2.49. The van der Waals surface area contributed by atoms with Gasteiger partial charge >= 0.3 is 0 Å². The van der Waals surface area contributed by atoms with Gasteiger partial charge in [-0.2, -0.15) is 0 Å². The minimum absolute atomic E-state index is 0.0145. The molecule has 1 heterocycles. The number of para-hydroxylation sites is 1. The van der Waals surface area contributed by atoms with Crippen molar-refractivity contribution in [1.82, 2.24) is 4.90 Å². The Labute approximate surface area is 146 Å². The predicted octanol–water partition coefficient (Wildman–Crippen LogP) is 2.89. The Morgan fingerprint density at radius 1 is 1.12 bits per heavy atom. The monoisotopic (exact) mass is 345 g/mol. The van der Waals surface area contributed by atoms with Crippen LogP contribution in [0.25, 0.3) is 0 Å². The van der Waals surface area contributed by atoms with Gasteiger partial charge in [-0.3, -0.25) is 4.79 Å². The van der Waals surface area contributed by atoms with Gasteiger partial charge in [-0.15, -0.1) is 0 Å². The number of benzene rings is 2. The molecule has 0 aliphatic carbocycles. The summed E-state index contributed by atoms with van der Waals surface area (Å²) in [6, 6.07) is 12.7. The summed E-state index contributed by atoms with van der Waals surface area (Å²) in [5.74, 6) is 0.698. The third-order valence-electron chi connectivity index (χ3n) is 4.22. The van der Waals surface area contributed by atoms with Crippen LogP contribution >= 0.6 is 11.6 Å². The summed E-state index contributed by atoms with van der Waals surface area (Å²) in [6.45, 7) is 2.65. The van der Waals surface area contributed by atoms with Crippen LogP contribution in [-0.2, 0) is 0 Å². The fourth-order valence-corrected chi connectivity index (χ4v) is 3.24. The minimum Gasteiger partial charge on any atom is -0.497 e. The molecule has 0 bridgehead atoms. The van der Waals surface area contributed by atoms with Gasteiger partial charge in [0.2, 0.25) is 0 Å². The van der Waals surface area contributed by atoms with Gasteiger partial charge in [-0.1, -0.05) is 23.7 Å². The van der Waals surface area contributed by atoms with Gasteiger partial charge in [0, 0.05) is 31.7 Å². The van der Waals surface area contributed by atoms with E-state index in [0.717, 1.165) is 5.69 Å². The second-order valence-corrected chi connectivity index (χ2v) is 6.10. The Hall–Kier alpha value is -2.40. The van der Waals surface area contributed by atoms with Crippen LogP contribution in [0, 0.1) is 0 Å². The van der Waals surface area contributed by atoms with Gasteiger partial charge in [0.1, 0.15) is 5.75 Å². The molecule has 0 spiro atoms. The topological polar surface area (TPSA) is 58.8 Å². The van der Waals surface area contributed by atoms with E-state index in [1.807, 2.05) is 41.3 Å². The van der Waals surface area contributed by atoms with Crippen molar-refractivity contribution < 1.29 is 9.53 Å². The van der Waals surface area contributed by atoms with Crippen molar-refractivity contribution in [2.24, 2.45) is 0 Å². The Bertz CT molecular complexity index is 723. The average molecular weight is 346 g/mol. The molecule has 1 amide bonds. The minimum atomic E-state index is 0.0145. The smallest absolute Gasteiger partial charge is 0.254 e. The first-order valence-corrected chi connectivity index (χ1v) is 8.20. The summed E-state index contributed by atoms with van der Waals surface area (Å²) in [6.07, 6.45) is 0. The highest BCUT2D eigenvalue weighted by atomic mass is 35.5. The molecule has 1 saturated heterocycles. The summed E-state index contributed by atoms with van der Waals surface area (Å²) in [5, 5.41) is 0.641. The maximum Gasteiger partial charge on any atom is 0.254 e. The SMILES string of the molecule is COc1cccc(C(=O)N2CCN(c3c(N)cccc3Cl)CC2)c1. The van der Waals surface area contributed by atoms with E-state index in [9.17, 15) is 4.79 Å². The second kappa shape index (κ2) is 7.01. The molecule has 126 valence electrons. The standard InChI is InChI=1S/C18H20ClN3O2/c1-24-14-5-2-4-13(12-14)18(23)22-10-8-21(9-11-22)17-15(19)6-3-7-16(17)20/h2-7,12H,8-11,20H2,1H3. The van der Waals surface area contributed by atoms with E-state index in [0.29, 0.717) is 48.2 Å². The third-order valence-corrected chi connectivity index (χ3v) is 4.52. The van der Waals surface area contributed by atoms with E-state index in [1.165, 1.54) is 0 Å². The van der Waals surface area contributed by atoms with Gasteiger partial charge < -0.3 is 20.3 Å². The number of carbonyl (C=O) groups excluding carboxylic acids is 1. The van der Waals surface area contributed by atoms with Crippen molar-refractivity contribution in [3.63, 3.8) is 0 Å². The number of anilines is 2. The molecular weight excluding hydrogens is 326 g/mol. The van der Waals surface area contributed by atoms with Crippen LogP contribution in [0.4, 0.5) is 11.4 Å². The molecule has 0 saturated carbocycles. The molecule has 0 aromatic heterocycles. The first-order chi connectivity index (χ1) is 11.6. The summed E-state index contributed by atoms with van der Waals surface area (Å²) in [4.78, 5) is 16.6. The van der Waals surface area contributed by atoms with Gasteiger partial charge in [0.05, 0.1) is 23.5 Å². The van der Waals surface area contributed by atoms with Crippen molar-refractivity contribution in [3.8, 4) is 5.75 Å². The fraction of sp³-hybridized carbons (Fsp3) is 0.278. The molecule has 24 heavy (non-hydrogen) atoms. The maximum absolute atomic E-state index is 12.6. The van der Waals surface area contributed by atoms with Crippen LogP contribution in [0.2, 0.25) is 5.02 Å². The lowest BCUT2D eigenvalue weighted by Gasteiger charge is -2.37. The van der Waals surface area contributed by atoms with Crippen molar-refractivity contribution in [2.45, 2.75) is 0 Å². The molecule has 0 atom stereocenters. The van der Waals surface area contributed by atoms with Crippen molar-refractivity contribution in [1.29, 1.82) is 0 Å². The number of ether oxygens (including phenoxy) is 1. The number of carbonyl (C=O) groups is 1. The number of nitrogen functional groups attached to an aromatic ring is 1. The van der Waals surface area contributed by atoms with Gasteiger partial charge in [0.25, 0.3) is 5.91 Å². The normalized spacial score (nSPS) is 14.6. The molecule has 3 rings (SSSR count). The zero-order valence-electron chi connectivity index (χ0n) is 13.5. The van der Waals surface area contributed by atoms with E-state index in [1.54, 1.807) is 13.2 Å². The zero-order chi connectivity index (χ0) is 17.1. The highest BCUT2D eigenvalue weighted by Gasteiger charge is 2.24. The zero-order valence-corrected chi connectivity index (χ0v) is 14.3. The number of nitrogens with two attached hydrogens (primary N) is 1. The van der Waals surface area contributed by atoms with Crippen molar-refractivity contribution >= 4 is 28.9 Å². The largest absolute Gasteiger partial charge is 0.497 e. The number of piperazine rings is 1. The number of amides is 1. The molecule has 5 nitrogen and oxygen atoms in total. The highest BCUT2D eigenvalue weighted by molar-refractivity contribution is 6.34. The predicted molar refractivity (Wildman–Crippen MR) is 97.0 cm³/mol. The quantitative estimate of drug-likeness (QED) is 0.869. The molecule has 0 radical (unpaired) electrons. The third kappa shape index (κ3) is 3.26. The lowest BCUT2D eigenvalue weighted by molar-refractivity contribution is 0.0746. The van der Waals surface area contributed by atoms with E-state index in [2.05, 4.69) is 4.90 Å². The van der Waals surface area contributed by atoms with E-state index in [4.69, 9.17) is 22.1 Å². The molecule has 2 aromatic carbocycles. The molecule has 2 N–H and O–H groups in total. The number of hydrogen-bond acceptors (Lipinski definition) is 4. The molecule has 6 heteroatoms. The van der Waals surface area contributed by atoms with E-state index in [-0.39, 0.29) is 5.91 Å². The van der Waals surface area contributed by atoms with Crippen LogP contribution in [0.3, 0.4) is 0 Å². The van der Waals surface area contributed by atoms with Crippen LogP contribution < -0.4 is 15.4 Å². The Morgan fingerprint density at radius 3 is 2.50 bits per heavy atom. The molecule has 1 aliphatic heterocycles. The van der Waals surface area contributed by atoms with Gasteiger partial charge in [-0.25, -0.2) is 0 Å². The van der Waals surface area contributed by atoms with Crippen molar-refractivity contribution in [2.75, 3.05) is 43.9 Å². The number of methoxy groups -OCH3 is 1. The van der Waals surface area contributed by atoms with Gasteiger partial charge in [-0.05, 0) is 30.3 Å². The summed E-state index contributed by atoms with van der Waals surface area (Å²) in [7, 11) is 1.59. The summed E-state index contributed by atoms with van der Waals surface area (Å²) >= 11 is 6.27. The van der Waals surface area contributed by atoms with Crippen LogP contribution in [0.15, 0.2) is 42.5 Å².